The van der Waals surface area contributed by atoms with E-state index in [2.05, 4.69) is 5.32 Å². The first-order valence-electron chi connectivity index (χ1n) is 7.53. The lowest BCUT2D eigenvalue weighted by atomic mass is 10.0. The molecule has 0 amide bonds. The Kier molecular flexibility index (Phi) is 5.96. The Hall–Kier alpha value is -1.17. The highest BCUT2D eigenvalue weighted by atomic mass is 19.1. The minimum atomic E-state index is -0.331. The molecular weight excluding hydrogens is 271 g/mol. The van der Waals surface area contributed by atoms with Gasteiger partial charge in [-0.2, -0.15) is 0 Å². The maximum absolute atomic E-state index is 14.2. The summed E-state index contributed by atoms with van der Waals surface area (Å²) >= 11 is 0. The molecule has 5 heteroatoms. The van der Waals surface area contributed by atoms with Crippen molar-refractivity contribution in [1.82, 2.24) is 5.32 Å². The average Bonchev–Trinajstić information content (AvgIpc) is 2.93. The molecule has 0 radical (unpaired) electrons. The third-order valence-electron chi connectivity index (χ3n) is 4.07. The number of benzene rings is 1. The second-order valence-electron chi connectivity index (χ2n) is 5.69. The molecule has 0 bridgehead atoms. The molecule has 2 atom stereocenters. The minimum Gasteiger partial charge on any atom is -0.393 e. The van der Waals surface area contributed by atoms with Crippen LogP contribution in [0.3, 0.4) is 0 Å². The summed E-state index contributed by atoms with van der Waals surface area (Å²) in [5.74, 6) is 0.0482. The number of hydrogen-bond acceptors (Lipinski definition) is 4. The lowest BCUT2D eigenvalue weighted by molar-refractivity contribution is 0.136. The third-order valence-corrected chi connectivity index (χ3v) is 4.07. The Labute approximate surface area is 125 Å². The lowest BCUT2D eigenvalue weighted by Gasteiger charge is -2.20. The molecule has 1 heterocycles. The molecule has 4 nitrogen and oxygen atoms in total. The normalized spacial score (nSPS) is 20.0. The Balaban J connectivity index is 1.93. The molecule has 118 valence electrons. The number of halogens is 1. The van der Waals surface area contributed by atoms with Crippen molar-refractivity contribution in [3.05, 3.63) is 29.6 Å². The maximum atomic E-state index is 14.2. The van der Waals surface area contributed by atoms with Crippen LogP contribution < -0.4 is 10.2 Å². The molecule has 1 saturated heterocycles. The van der Waals surface area contributed by atoms with E-state index in [9.17, 15) is 9.50 Å². The van der Waals surface area contributed by atoms with E-state index in [4.69, 9.17) is 4.74 Å². The van der Waals surface area contributed by atoms with Gasteiger partial charge < -0.3 is 20.1 Å². The van der Waals surface area contributed by atoms with E-state index in [1.54, 1.807) is 20.1 Å². The third kappa shape index (κ3) is 4.40. The van der Waals surface area contributed by atoms with E-state index in [1.165, 1.54) is 0 Å². The van der Waals surface area contributed by atoms with Gasteiger partial charge in [-0.05, 0) is 31.0 Å². The van der Waals surface area contributed by atoms with E-state index in [0.717, 1.165) is 31.6 Å². The maximum Gasteiger partial charge on any atom is 0.146 e. The van der Waals surface area contributed by atoms with Crippen LogP contribution in [0.2, 0.25) is 0 Å². The van der Waals surface area contributed by atoms with Gasteiger partial charge in [0, 0.05) is 39.2 Å². The van der Waals surface area contributed by atoms with Crippen molar-refractivity contribution in [2.75, 3.05) is 38.3 Å². The summed E-state index contributed by atoms with van der Waals surface area (Å²) in [6, 6.07) is 5.38. The SMILES string of the molecule is COCCNCc1ccc(N2CCC(C(C)O)C2)c(F)c1. The zero-order valence-corrected chi connectivity index (χ0v) is 12.8. The summed E-state index contributed by atoms with van der Waals surface area (Å²) in [4.78, 5) is 2.02. The fraction of sp³-hybridized carbons (Fsp3) is 0.625. The standard InChI is InChI=1S/C16H25FN2O2/c1-12(20)14-5-7-19(11-14)16-4-3-13(9-15(16)17)10-18-6-8-21-2/h3-4,9,12,14,18,20H,5-8,10-11H2,1-2H3. The van der Waals surface area contributed by atoms with Crippen LogP contribution in [0.1, 0.15) is 18.9 Å². The molecule has 21 heavy (non-hydrogen) atoms. The smallest absolute Gasteiger partial charge is 0.146 e. The number of rotatable bonds is 7. The molecule has 0 aliphatic carbocycles. The van der Waals surface area contributed by atoms with Gasteiger partial charge in [0.25, 0.3) is 0 Å². The van der Waals surface area contributed by atoms with Crippen molar-refractivity contribution in [2.45, 2.75) is 26.0 Å². The fourth-order valence-electron chi connectivity index (χ4n) is 2.72. The highest BCUT2D eigenvalue weighted by molar-refractivity contribution is 5.50. The Morgan fingerprint density at radius 3 is 2.95 bits per heavy atom. The quantitative estimate of drug-likeness (QED) is 0.753. The summed E-state index contributed by atoms with van der Waals surface area (Å²) < 4.78 is 19.2. The van der Waals surface area contributed by atoms with Gasteiger partial charge in [-0.3, -0.25) is 0 Å². The van der Waals surface area contributed by atoms with Crippen LogP contribution in [0.15, 0.2) is 18.2 Å². The van der Waals surface area contributed by atoms with Crippen molar-refractivity contribution in [2.24, 2.45) is 5.92 Å². The predicted molar refractivity (Wildman–Crippen MR) is 82.0 cm³/mol. The molecule has 2 unspecified atom stereocenters. The van der Waals surface area contributed by atoms with Gasteiger partial charge in [0.15, 0.2) is 0 Å². The van der Waals surface area contributed by atoms with Gasteiger partial charge >= 0.3 is 0 Å². The largest absolute Gasteiger partial charge is 0.393 e. The number of aliphatic hydroxyl groups excluding tert-OH is 1. The van der Waals surface area contributed by atoms with Gasteiger partial charge in [-0.15, -0.1) is 0 Å². The number of ether oxygens (including phenoxy) is 1. The monoisotopic (exact) mass is 296 g/mol. The van der Waals surface area contributed by atoms with E-state index in [1.807, 2.05) is 17.0 Å². The zero-order chi connectivity index (χ0) is 15.2. The first kappa shape index (κ1) is 16.2. The molecule has 1 aromatic carbocycles. The Morgan fingerprint density at radius 1 is 1.52 bits per heavy atom. The zero-order valence-electron chi connectivity index (χ0n) is 12.8. The van der Waals surface area contributed by atoms with Crippen LogP contribution in [-0.4, -0.2) is 44.6 Å². The summed E-state index contributed by atoms with van der Waals surface area (Å²) in [5.41, 5.74) is 1.57. The van der Waals surface area contributed by atoms with Crippen molar-refractivity contribution in [3.63, 3.8) is 0 Å². The van der Waals surface area contributed by atoms with Crippen LogP contribution in [0.5, 0.6) is 0 Å². The molecule has 1 fully saturated rings. The van der Waals surface area contributed by atoms with Gasteiger partial charge in [0.1, 0.15) is 5.82 Å². The van der Waals surface area contributed by atoms with Gasteiger partial charge in [0.05, 0.1) is 18.4 Å². The van der Waals surface area contributed by atoms with Crippen LogP contribution in [0.25, 0.3) is 0 Å². The topological polar surface area (TPSA) is 44.7 Å². The molecule has 1 aliphatic rings. The first-order valence-corrected chi connectivity index (χ1v) is 7.53. The highest BCUT2D eigenvalue weighted by Crippen LogP contribution is 2.28. The van der Waals surface area contributed by atoms with Gasteiger partial charge in [-0.25, -0.2) is 4.39 Å². The summed E-state index contributed by atoms with van der Waals surface area (Å²) in [7, 11) is 1.66. The Bertz CT molecular complexity index is 454. The van der Waals surface area contributed by atoms with E-state index >= 15 is 0 Å². The molecule has 2 rings (SSSR count). The average molecular weight is 296 g/mol. The Morgan fingerprint density at radius 2 is 2.33 bits per heavy atom. The lowest BCUT2D eigenvalue weighted by Crippen LogP contribution is -2.24. The molecule has 1 aliphatic heterocycles. The number of nitrogens with one attached hydrogen (secondary N) is 1. The number of aliphatic hydroxyl groups is 1. The van der Waals surface area contributed by atoms with Gasteiger partial charge in [-0.1, -0.05) is 6.07 Å². The van der Waals surface area contributed by atoms with Crippen molar-refractivity contribution < 1.29 is 14.2 Å². The van der Waals surface area contributed by atoms with E-state index in [-0.39, 0.29) is 17.8 Å². The summed E-state index contributed by atoms with van der Waals surface area (Å²) in [6.45, 7) is 5.37. The fourth-order valence-corrected chi connectivity index (χ4v) is 2.72. The van der Waals surface area contributed by atoms with Crippen molar-refractivity contribution >= 4 is 5.69 Å². The molecule has 1 aromatic rings. The van der Waals surface area contributed by atoms with Crippen molar-refractivity contribution in [1.29, 1.82) is 0 Å². The van der Waals surface area contributed by atoms with Crippen LogP contribution in [0, 0.1) is 11.7 Å². The van der Waals surface area contributed by atoms with E-state index < -0.39 is 0 Å². The number of hydrogen-bond donors (Lipinski definition) is 2. The molecular formula is C16H25FN2O2. The number of anilines is 1. The number of nitrogens with zero attached hydrogens (tertiary/aromatic N) is 1. The second-order valence-corrected chi connectivity index (χ2v) is 5.69. The minimum absolute atomic E-state index is 0.188. The second kappa shape index (κ2) is 7.73. The molecule has 0 aromatic heterocycles. The first-order chi connectivity index (χ1) is 10.1. The van der Waals surface area contributed by atoms with Crippen LogP contribution in [0.4, 0.5) is 10.1 Å². The predicted octanol–water partition coefficient (Wildman–Crippen LogP) is 1.77. The van der Waals surface area contributed by atoms with Crippen molar-refractivity contribution in [3.8, 4) is 0 Å². The van der Waals surface area contributed by atoms with E-state index in [0.29, 0.717) is 18.8 Å². The highest BCUT2D eigenvalue weighted by Gasteiger charge is 2.27. The van der Waals surface area contributed by atoms with Gasteiger partial charge in [0.2, 0.25) is 0 Å². The van der Waals surface area contributed by atoms with Crippen LogP contribution in [-0.2, 0) is 11.3 Å². The molecule has 2 N–H and O–H groups in total. The summed E-state index contributed by atoms with van der Waals surface area (Å²) in [5, 5.41) is 12.8. The summed E-state index contributed by atoms with van der Waals surface area (Å²) in [6.07, 6.45) is 0.583. The van der Waals surface area contributed by atoms with Crippen LogP contribution >= 0.6 is 0 Å². The molecule has 0 spiro atoms. The number of methoxy groups -OCH3 is 1. The molecule has 0 saturated carbocycles.